The molecule has 0 spiro atoms. The van der Waals surface area contributed by atoms with Crippen LogP contribution in [0.4, 0.5) is 5.69 Å². The molecule has 18 heavy (non-hydrogen) atoms. The minimum absolute atomic E-state index is 0.768. The van der Waals surface area contributed by atoms with Crippen LogP contribution >= 0.6 is 0 Å². The van der Waals surface area contributed by atoms with Gasteiger partial charge in [-0.25, -0.2) is 0 Å². The topological polar surface area (TPSA) is 38.5 Å². The third-order valence-corrected chi connectivity index (χ3v) is 3.39. The maximum absolute atomic E-state index is 5.75. The van der Waals surface area contributed by atoms with Gasteiger partial charge in [-0.3, -0.25) is 4.90 Å². The number of rotatable bonds is 8. The lowest BCUT2D eigenvalue weighted by molar-refractivity contribution is 0.199. The zero-order valence-electron chi connectivity index (χ0n) is 11.3. The Hall–Kier alpha value is -1.22. The minimum Gasteiger partial charge on any atom is -0.492 e. The minimum atomic E-state index is 0.768. The van der Waals surface area contributed by atoms with E-state index in [-0.39, 0.29) is 0 Å². The smallest absolute Gasteiger partial charge is 0.119 e. The molecule has 3 nitrogen and oxygen atoms in total. The Morgan fingerprint density at radius 1 is 1.22 bits per heavy atom. The standard InChI is InChI=1S/C15H24N2O/c1-2-3-10-17(14-6-7-14)11-12-18-15-8-4-13(16)5-9-15/h4-5,8-9,14H,2-3,6-7,10-12,16H2,1H3. The highest BCUT2D eigenvalue weighted by molar-refractivity contribution is 5.41. The number of anilines is 1. The second-order valence-corrected chi connectivity index (χ2v) is 5.04. The summed E-state index contributed by atoms with van der Waals surface area (Å²) in [5.41, 5.74) is 6.42. The van der Waals surface area contributed by atoms with Gasteiger partial charge in [0, 0.05) is 18.3 Å². The molecule has 0 radical (unpaired) electrons. The lowest BCUT2D eigenvalue weighted by Crippen LogP contribution is -2.31. The quantitative estimate of drug-likeness (QED) is 0.719. The molecule has 1 fully saturated rings. The third-order valence-electron chi connectivity index (χ3n) is 3.39. The molecule has 1 aliphatic rings. The van der Waals surface area contributed by atoms with Crippen LogP contribution in [0.25, 0.3) is 0 Å². The maximum Gasteiger partial charge on any atom is 0.119 e. The van der Waals surface area contributed by atoms with Gasteiger partial charge in [-0.15, -0.1) is 0 Å². The second kappa shape index (κ2) is 6.64. The Morgan fingerprint density at radius 2 is 1.94 bits per heavy atom. The van der Waals surface area contributed by atoms with Crippen LogP contribution in [-0.4, -0.2) is 30.6 Å². The summed E-state index contributed by atoms with van der Waals surface area (Å²) in [4.78, 5) is 2.57. The highest BCUT2D eigenvalue weighted by atomic mass is 16.5. The Kier molecular flexibility index (Phi) is 4.88. The normalized spacial score (nSPS) is 15.0. The van der Waals surface area contributed by atoms with Crippen LogP contribution in [0.2, 0.25) is 0 Å². The van der Waals surface area contributed by atoms with Crippen LogP contribution in [0.5, 0.6) is 5.75 Å². The molecule has 0 aromatic heterocycles. The number of nitrogen functional groups attached to an aromatic ring is 1. The van der Waals surface area contributed by atoms with E-state index in [1.165, 1.54) is 32.2 Å². The first-order valence-corrected chi connectivity index (χ1v) is 7.02. The molecule has 2 N–H and O–H groups in total. The highest BCUT2D eigenvalue weighted by Gasteiger charge is 2.27. The number of benzene rings is 1. The average Bonchev–Trinajstić information content (AvgIpc) is 3.20. The lowest BCUT2D eigenvalue weighted by Gasteiger charge is -2.21. The summed E-state index contributed by atoms with van der Waals surface area (Å²) >= 11 is 0. The summed E-state index contributed by atoms with van der Waals surface area (Å²) in [5, 5.41) is 0. The van der Waals surface area contributed by atoms with Crippen molar-refractivity contribution in [2.75, 3.05) is 25.4 Å². The number of nitrogens with two attached hydrogens (primary N) is 1. The van der Waals surface area contributed by atoms with Gasteiger partial charge in [0.2, 0.25) is 0 Å². The van der Waals surface area contributed by atoms with E-state index in [4.69, 9.17) is 10.5 Å². The van der Waals surface area contributed by atoms with E-state index >= 15 is 0 Å². The highest BCUT2D eigenvalue weighted by Crippen LogP contribution is 2.26. The molecule has 0 bridgehead atoms. The number of ether oxygens (including phenoxy) is 1. The van der Waals surface area contributed by atoms with Gasteiger partial charge in [-0.05, 0) is 50.1 Å². The molecule has 0 unspecified atom stereocenters. The van der Waals surface area contributed by atoms with Gasteiger partial charge in [-0.2, -0.15) is 0 Å². The van der Waals surface area contributed by atoms with Crippen LogP contribution in [-0.2, 0) is 0 Å². The maximum atomic E-state index is 5.75. The van der Waals surface area contributed by atoms with Crippen molar-refractivity contribution >= 4 is 5.69 Å². The third kappa shape index (κ3) is 4.22. The van der Waals surface area contributed by atoms with Gasteiger partial charge >= 0.3 is 0 Å². The lowest BCUT2D eigenvalue weighted by atomic mass is 10.3. The van der Waals surface area contributed by atoms with Gasteiger partial charge in [0.15, 0.2) is 0 Å². The zero-order valence-corrected chi connectivity index (χ0v) is 11.3. The number of nitrogens with zero attached hydrogens (tertiary/aromatic N) is 1. The van der Waals surface area contributed by atoms with Crippen molar-refractivity contribution in [1.82, 2.24) is 4.90 Å². The van der Waals surface area contributed by atoms with Crippen molar-refractivity contribution in [3.63, 3.8) is 0 Å². The summed E-state index contributed by atoms with van der Waals surface area (Å²) < 4.78 is 5.75. The Balaban J connectivity index is 1.70. The second-order valence-electron chi connectivity index (χ2n) is 5.04. The summed E-state index contributed by atoms with van der Waals surface area (Å²) in [7, 11) is 0. The largest absolute Gasteiger partial charge is 0.492 e. The Morgan fingerprint density at radius 3 is 2.56 bits per heavy atom. The van der Waals surface area contributed by atoms with Gasteiger partial charge in [0.25, 0.3) is 0 Å². The van der Waals surface area contributed by atoms with Crippen molar-refractivity contribution in [2.24, 2.45) is 0 Å². The first-order valence-electron chi connectivity index (χ1n) is 7.02. The van der Waals surface area contributed by atoms with Crippen LogP contribution in [0, 0.1) is 0 Å². The fourth-order valence-electron chi connectivity index (χ4n) is 2.12. The Labute approximate surface area is 110 Å². The van der Waals surface area contributed by atoms with E-state index in [0.717, 1.165) is 30.6 Å². The van der Waals surface area contributed by atoms with Crippen LogP contribution < -0.4 is 10.5 Å². The summed E-state index contributed by atoms with van der Waals surface area (Å²) in [6.45, 7) is 5.27. The van der Waals surface area contributed by atoms with E-state index < -0.39 is 0 Å². The predicted molar refractivity (Wildman–Crippen MR) is 75.9 cm³/mol. The average molecular weight is 248 g/mol. The van der Waals surface area contributed by atoms with Crippen molar-refractivity contribution in [3.8, 4) is 5.75 Å². The molecule has 0 saturated heterocycles. The summed E-state index contributed by atoms with van der Waals surface area (Å²) in [6, 6.07) is 8.45. The van der Waals surface area contributed by atoms with E-state index in [1.807, 2.05) is 24.3 Å². The monoisotopic (exact) mass is 248 g/mol. The van der Waals surface area contributed by atoms with Crippen LogP contribution in [0.15, 0.2) is 24.3 Å². The molecular formula is C15H24N2O. The van der Waals surface area contributed by atoms with Gasteiger partial charge in [0.05, 0.1) is 0 Å². The first kappa shape index (κ1) is 13.2. The summed E-state index contributed by atoms with van der Waals surface area (Å²) in [5.74, 6) is 0.912. The van der Waals surface area contributed by atoms with Gasteiger partial charge in [0.1, 0.15) is 12.4 Å². The number of unbranched alkanes of at least 4 members (excludes halogenated alkanes) is 1. The molecule has 1 aromatic rings. The molecule has 3 heteroatoms. The van der Waals surface area contributed by atoms with Crippen LogP contribution in [0.3, 0.4) is 0 Å². The number of hydrogen-bond acceptors (Lipinski definition) is 3. The molecule has 0 atom stereocenters. The fourth-order valence-corrected chi connectivity index (χ4v) is 2.12. The SMILES string of the molecule is CCCCN(CCOc1ccc(N)cc1)C1CC1. The molecule has 1 aliphatic carbocycles. The van der Waals surface area contributed by atoms with E-state index in [9.17, 15) is 0 Å². The van der Waals surface area contributed by atoms with Crippen LogP contribution in [0.1, 0.15) is 32.6 Å². The van der Waals surface area contributed by atoms with Gasteiger partial charge in [-0.1, -0.05) is 13.3 Å². The van der Waals surface area contributed by atoms with E-state index in [1.54, 1.807) is 0 Å². The molecule has 0 aliphatic heterocycles. The fraction of sp³-hybridized carbons (Fsp3) is 0.600. The van der Waals surface area contributed by atoms with E-state index in [0.29, 0.717) is 0 Å². The van der Waals surface area contributed by atoms with Crippen molar-refractivity contribution in [2.45, 2.75) is 38.6 Å². The molecule has 0 amide bonds. The van der Waals surface area contributed by atoms with Crippen molar-refractivity contribution in [1.29, 1.82) is 0 Å². The zero-order chi connectivity index (χ0) is 12.8. The summed E-state index contributed by atoms with van der Waals surface area (Å²) in [6.07, 6.45) is 5.29. The Bertz CT molecular complexity index is 346. The molecule has 100 valence electrons. The molecule has 2 rings (SSSR count). The molecular weight excluding hydrogens is 224 g/mol. The molecule has 0 heterocycles. The number of hydrogen-bond donors (Lipinski definition) is 1. The van der Waals surface area contributed by atoms with Crippen molar-refractivity contribution in [3.05, 3.63) is 24.3 Å². The van der Waals surface area contributed by atoms with E-state index in [2.05, 4.69) is 11.8 Å². The first-order chi connectivity index (χ1) is 8.79. The predicted octanol–water partition coefficient (Wildman–Crippen LogP) is 2.91. The van der Waals surface area contributed by atoms with Gasteiger partial charge < -0.3 is 10.5 Å². The molecule has 1 saturated carbocycles. The van der Waals surface area contributed by atoms with Crippen molar-refractivity contribution < 1.29 is 4.74 Å². The molecule has 1 aromatic carbocycles.